The van der Waals surface area contributed by atoms with Gasteiger partial charge in [-0.25, -0.2) is 9.97 Å². The Bertz CT molecular complexity index is 403. The van der Waals surface area contributed by atoms with E-state index in [1.807, 2.05) is 26.0 Å². The van der Waals surface area contributed by atoms with Crippen molar-refractivity contribution in [2.75, 3.05) is 0 Å². The van der Waals surface area contributed by atoms with Gasteiger partial charge in [-0.15, -0.1) is 0 Å². The fourth-order valence-corrected chi connectivity index (χ4v) is 1.11. The molecule has 0 fully saturated rings. The Morgan fingerprint density at radius 2 is 1.77 bits per heavy atom. The molecule has 0 bridgehead atoms. The largest absolute Gasteiger partial charge is 0.461 e. The van der Waals surface area contributed by atoms with Crippen LogP contribution in [0.1, 0.15) is 11.6 Å². The second kappa shape index (κ2) is 3.01. The first-order valence-corrected chi connectivity index (χ1v) is 4.11. The van der Waals surface area contributed by atoms with Gasteiger partial charge in [0.2, 0.25) is 0 Å². The number of hydrogen-bond acceptors (Lipinski definition) is 3. The van der Waals surface area contributed by atoms with Crippen LogP contribution in [0.3, 0.4) is 0 Å². The summed E-state index contributed by atoms with van der Waals surface area (Å²) in [6, 6.07) is 3.85. The summed E-state index contributed by atoms with van der Waals surface area (Å²) in [5.74, 6) is 2.49. The maximum Gasteiger partial charge on any atom is 0.137 e. The molecule has 0 aliphatic rings. The van der Waals surface area contributed by atoms with Crippen molar-refractivity contribution in [3.8, 4) is 11.3 Å². The molecule has 0 atom stereocenters. The van der Waals surface area contributed by atoms with E-state index >= 15 is 0 Å². The fourth-order valence-electron chi connectivity index (χ4n) is 1.11. The first-order valence-electron chi connectivity index (χ1n) is 4.11. The standard InChI is InChI=1S/C10H10N2O/c1-7-3-4-10(13-7)9-5-11-8(2)12-6-9/h3-6H,1-2H3. The first-order chi connectivity index (χ1) is 6.25. The van der Waals surface area contributed by atoms with Gasteiger partial charge in [0.05, 0.1) is 5.56 Å². The van der Waals surface area contributed by atoms with Gasteiger partial charge in [0.1, 0.15) is 17.3 Å². The molecule has 0 saturated heterocycles. The lowest BCUT2D eigenvalue weighted by atomic mass is 10.3. The van der Waals surface area contributed by atoms with Crippen LogP contribution >= 0.6 is 0 Å². The Kier molecular flexibility index (Phi) is 1.85. The molecule has 2 aromatic heterocycles. The molecule has 3 heteroatoms. The zero-order chi connectivity index (χ0) is 9.26. The number of rotatable bonds is 1. The average Bonchev–Trinajstić information content (AvgIpc) is 2.53. The summed E-state index contributed by atoms with van der Waals surface area (Å²) in [4.78, 5) is 8.19. The monoisotopic (exact) mass is 174 g/mol. The van der Waals surface area contributed by atoms with Crippen LogP contribution in [0, 0.1) is 13.8 Å². The average molecular weight is 174 g/mol. The van der Waals surface area contributed by atoms with Crippen molar-refractivity contribution >= 4 is 0 Å². The first kappa shape index (κ1) is 7.98. The summed E-state index contributed by atoms with van der Waals surface area (Å²) in [5, 5.41) is 0. The third-order valence-corrected chi connectivity index (χ3v) is 1.81. The summed E-state index contributed by atoms with van der Waals surface area (Å²) < 4.78 is 5.43. The van der Waals surface area contributed by atoms with E-state index in [-0.39, 0.29) is 0 Å². The van der Waals surface area contributed by atoms with Crippen LogP contribution in [0.2, 0.25) is 0 Å². The van der Waals surface area contributed by atoms with Gasteiger partial charge in [0, 0.05) is 12.4 Å². The second-order valence-electron chi connectivity index (χ2n) is 2.93. The zero-order valence-electron chi connectivity index (χ0n) is 7.61. The minimum absolute atomic E-state index is 0.770. The van der Waals surface area contributed by atoms with Crippen LogP contribution < -0.4 is 0 Å². The molecule has 0 unspecified atom stereocenters. The van der Waals surface area contributed by atoms with Crippen molar-refractivity contribution in [3.05, 3.63) is 36.1 Å². The van der Waals surface area contributed by atoms with Gasteiger partial charge < -0.3 is 4.42 Å². The van der Waals surface area contributed by atoms with E-state index in [4.69, 9.17) is 4.42 Å². The molecule has 13 heavy (non-hydrogen) atoms. The maximum atomic E-state index is 5.43. The molecule has 3 nitrogen and oxygen atoms in total. The number of hydrogen-bond donors (Lipinski definition) is 0. The fraction of sp³-hybridized carbons (Fsp3) is 0.200. The molecule has 0 aromatic carbocycles. The predicted octanol–water partition coefficient (Wildman–Crippen LogP) is 2.35. The van der Waals surface area contributed by atoms with E-state index < -0.39 is 0 Å². The molecule has 0 spiro atoms. The van der Waals surface area contributed by atoms with Gasteiger partial charge in [-0.05, 0) is 26.0 Å². The molecule has 0 aliphatic heterocycles. The summed E-state index contributed by atoms with van der Waals surface area (Å²) in [6.45, 7) is 3.77. The smallest absolute Gasteiger partial charge is 0.137 e. The van der Waals surface area contributed by atoms with Crippen molar-refractivity contribution in [3.63, 3.8) is 0 Å². The van der Waals surface area contributed by atoms with E-state index in [0.29, 0.717) is 0 Å². The number of aromatic nitrogens is 2. The van der Waals surface area contributed by atoms with Gasteiger partial charge in [0.25, 0.3) is 0 Å². The molecule has 0 saturated carbocycles. The van der Waals surface area contributed by atoms with Crippen molar-refractivity contribution < 1.29 is 4.42 Å². The van der Waals surface area contributed by atoms with Crippen LogP contribution in [0.5, 0.6) is 0 Å². The molecule has 2 heterocycles. The maximum absolute atomic E-state index is 5.43. The van der Waals surface area contributed by atoms with Crippen molar-refractivity contribution in [1.29, 1.82) is 0 Å². The summed E-state index contributed by atoms with van der Waals surface area (Å²) in [6.07, 6.45) is 3.53. The lowest BCUT2D eigenvalue weighted by molar-refractivity contribution is 0.548. The molecule has 66 valence electrons. The lowest BCUT2D eigenvalue weighted by Gasteiger charge is -1.95. The molecule has 2 aromatic rings. The molecule has 0 radical (unpaired) electrons. The molecule has 0 amide bonds. The Balaban J connectivity index is 2.41. The van der Waals surface area contributed by atoms with Gasteiger partial charge in [-0.2, -0.15) is 0 Å². The van der Waals surface area contributed by atoms with Crippen LogP contribution in [-0.2, 0) is 0 Å². The Morgan fingerprint density at radius 3 is 2.31 bits per heavy atom. The predicted molar refractivity (Wildman–Crippen MR) is 49.2 cm³/mol. The Labute approximate surface area is 76.5 Å². The van der Waals surface area contributed by atoms with Crippen LogP contribution in [0.15, 0.2) is 28.9 Å². The van der Waals surface area contributed by atoms with E-state index in [0.717, 1.165) is 22.9 Å². The van der Waals surface area contributed by atoms with Crippen LogP contribution in [0.4, 0.5) is 0 Å². The van der Waals surface area contributed by atoms with Crippen LogP contribution in [-0.4, -0.2) is 9.97 Å². The van der Waals surface area contributed by atoms with E-state index in [2.05, 4.69) is 9.97 Å². The van der Waals surface area contributed by atoms with Crippen molar-refractivity contribution in [2.45, 2.75) is 13.8 Å². The highest BCUT2D eigenvalue weighted by Gasteiger charge is 2.02. The molecular formula is C10H10N2O. The van der Waals surface area contributed by atoms with E-state index in [1.54, 1.807) is 12.4 Å². The van der Waals surface area contributed by atoms with Crippen molar-refractivity contribution in [1.82, 2.24) is 9.97 Å². The highest BCUT2D eigenvalue weighted by atomic mass is 16.3. The van der Waals surface area contributed by atoms with E-state index in [9.17, 15) is 0 Å². The Hall–Kier alpha value is -1.64. The number of furan rings is 1. The van der Waals surface area contributed by atoms with Gasteiger partial charge in [-0.3, -0.25) is 0 Å². The van der Waals surface area contributed by atoms with Gasteiger partial charge in [0.15, 0.2) is 0 Å². The summed E-state index contributed by atoms with van der Waals surface area (Å²) in [7, 11) is 0. The second-order valence-corrected chi connectivity index (χ2v) is 2.93. The number of nitrogens with zero attached hydrogens (tertiary/aromatic N) is 2. The Morgan fingerprint density at radius 1 is 1.08 bits per heavy atom. The minimum atomic E-state index is 0.770. The topological polar surface area (TPSA) is 38.9 Å². The lowest BCUT2D eigenvalue weighted by Crippen LogP contribution is -1.86. The van der Waals surface area contributed by atoms with Crippen LogP contribution in [0.25, 0.3) is 11.3 Å². The van der Waals surface area contributed by atoms with E-state index in [1.165, 1.54) is 0 Å². The van der Waals surface area contributed by atoms with Gasteiger partial charge >= 0.3 is 0 Å². The zero-order valence-corrected chi connectivity index (χ0v) is 7.61. The van der Waals surface area contributed by atoms with Gasteiger partial charge in [-0.1, -0.05) is 0 Å². The third kappa shape index (κ3) is 1.59. The third-order valence-electron chi connectivity index (χ3n) is 1.81. The quantitative estimate of drug-likeness (QED) is 0.666. The van der Waals surface area contributed by atoms with Crippen molar-refractivity contribution in [2.24, 2.45) is 0 Å². The molecule has 0 N–H and O–H groups in total. The highest BCUT2D eigenvalue weighted by Crippen LogP contribution is 2.19. The normalized spacial score (nSPS) is 10.3. The molecule has 0 aliphatic carbocycles. The summed E-state index contributed by atoms with van der Waals surface area (Å²) >= 11 is 0. The minimum Gasteiger partial charge on any atom is -0.461 e. The molecular weight excluding hydrogens is 164 g/mol. The number of aryl methyl sites for hydroxylation is 2. The SMILES string of the molecule is Cc1ncc(-c2ccc(C)o2)cn1. The summed E-state index contributed by atoms with van der Waals surface area (Å²) in [5.41, 5.74) is 0.915. The molecule has 2 rings (SSSR count). The highest BCUT2D eigenvalue weighted by molar-refractivity contribution is 5.54.